The average molecular weight is 283 g/mol. The van der Waals surface area contributed by atoms with Crippen LogP contribution in [0, 0.1) is 0 Å². The molecule has 0 saturated heterocycles. The lowest BCUT2D eigenvalue weighted by atomic mass is 10.1. The zero-order valence-electron chi connectivity index (χ0n) is 11.7. The third-order valence-corrected chi connectivity index (χ3v) is 2.98. The number of amides is 1. The zero-order valence-corrected chi connectivity index (χ0v) is 11.7. The van der Waals surface area contributed by atoms with E-state index in [2.05, 4.69) is 5.32 Å². The third-order valence-electron chi connectivity index (χ3n) is 2.98. The minimum atomic E-state index is -0.289. The van der Waals surface area contributed by atoms with Crippen LogP contribution in [0.25, 0.3) is 0 Å². The highest BCUT2D eigenvalue weighted by molar-refractivity contribution is 5.95. The Morgan fingerprint density at radius 1 is 1.05 bits per heavy atom. The number of carbonyl (C=O) groups is 1. The van der Waals surface area contributed by atoms with E-state index < -0.39 is 0 Å². The summed E-state index contributed by atoms with van der Waals surface area (Å²) < 4.78 is 4.84. The normalized spacial score (nSPS) is 11.5. The van der Waals surface area contributed by atoms with Crippen molar-refractivity contribution in [3.63, 3.8) is 0 Å². The molecular weight excluding hydrogens is 266 g/mol. The zero-order chi connectivity index (χ0) is 15.1. The Labute approximate surface area is 123 Å². The topological polar surface area (TPSA) is 58.6 Å². The van der Waals surface area contributed by atoms with E-state index in [4.69, 9.17) is 4.74 Å². The maximum atomic E-state index is 12.2. The summed E-state index contributed by atoms with van der Waals surface area (Å²) in [5.74, 6) is -0.576. The van der Waals surface area contributed by atoms with E-state index in [0.29, 0.717) is 17.7 Å². The van der Waals surface area contributed by atoms with Crippen molar-refractivity contribution in [1.29, 1.82) is 0 Å². The predicted octanol–water partition coefficient (Wildman–Crippen LogP) is 3.03. The van der Waals surface area contributed by atoms with Crippen molar-refractivity contribution in [2.75, 3.05) is 7.11 Å². The van der Waals surface area contributed by atoms with E-state index in [1.54, 1.807) is 24.3 Å². The van der Waals surface area contributed by atoms with Crippen molar-refractivity contribution in [3.05, 3.63) is 83.4 Å². The lowest BCUT2D eigenvalue weighted by molar-refractivity contribution is 0.0938. The van der Waals surface area contributed by atoms with Gasteiger partial charge in [0.1, 0.15) is 5.70 Å². The number of carbonyl (C=O) groups excluding carboxylic acids is 1. The molecule has 0 bridgehead atoms. The molecule has 21 heavy (non-hydrogen) atoms. The van der Waals surface area contributed by atoms with E-state index in [0.717, 1.165) is 5.56 Å². The van der Waals surface area contributed by atoms with Gasteiger partial charge in [-0.1, -0.05) is 48.5 Å². The van der Waals surface area contributed by atoms with E-state index in [-0.39, 0.29) is 11.9 Å². The molecule has 0 aromatic heterocycles. The molecule has 0 aliphatic rings. The highest BCUT2D eigenvalue weighted by Crippen LogP contribution is 2.10. The molecular formula is C17H17NO3. The fourth-order valence-electron chi connectivity index (χ4n) is 1.90. The molecule has 1 amide bonds. The minimum Gasteiger partial charge on any atom is -0.480 e. The van der Waals surface area contributed by atoms with Gasteiger partial charge in [0.15, 0.2) is 0 Å². The SMILES string of the molecule is CO/C(O)=C(\Cc1ccccc1)NC(=O)c1ccccc1. The first kappa shape index (κ1) is 14.7. The van der Waals surface area contributed by atoms with Crippen molar-refractivity contribution in [2.24, 2.45) is 0 Å². The van der Waals surface area contributed by atoms with Crippen molar-refractivity contribution in [1.82, 2.24) is 5.32 Å². The van der Waals surface area contributed by atoms with E-state index in [1.807, 2.05) is 36.4 Å². The lowest BCUT2D eigenvalue weighted by Crippen LogP contribution is -2.25. The number of nitrogens with one attached hydrogen (secondary N) is 1. The predicted molar refractivity (Wildman–Crippen MR) is 80.7 cm³/mol. The molecule has 0 aliphatic heterocycles. The summed E-state index contributed by atoms with van der Waals surface area (Å²) in [4.78, 5) is 12.2. The lowest BCUT2D eigenvalue weighted by Gasteiger charge is -2.12. The molecule has 0 atom stereocenters. The Balaban J connectivity index is 2.17. The van der Waals surface area contributed by atoms with Crippen LogP contribution in [0.1, 0.15) is 15.9 Å². The van der Waals surface area contributed by atoms with Crippen LogP contribution in [0.5, 0.6) is 0 Å². The molecule has 0 heterocycles. The molecule has 4 nitrogen and oxygen atoms in total. The molecule has 0 spiro atoms. The van der Waals surface area contributed by atoms with Crippen molar-refractivity contribution in [3.8, 4) is 0 Å². The summed E-state index contributed by atoms with van der Waals surface area (Å²) in [6.07, 6.45) is 0.374. The molecule has 0 radical (unpaired) electrons. The van der Waals surface area contributed by atoms with Gasteiger partial charge in [0, 0.05) is 12.0 Å². The van der Waals surface area contributed by atoms with Gasteiger partial charge in [-0.05, 0) is 17.7 Å². The highest BCUT2D eigenvalue weighted by Gasteiger charge is 2.13. The van der Waals surface area contributed by atoms with Crippen molar-refractivity contribution < 1.29 is 14.6 Å². The molecule has 2 N–H and O–H groups in total. The van der Waals surface area contributed by atoms with Gasteiger partial charge in [-0.3, -0.25) is 4.79 Å². The second kappa shape index (κ2) is 7.14. The first-order valence-electron chi connectivity index (χ1n) is 6.57. The fraction of sp³-hybridized carbons (Fsp3) is 0.118. The monoisotopic (exact) mass is 283 g/mol. The van der Waals surface area contributed by atoms with Crippen LogP contribution in [0.2, 0.25) is 0 Å². The van der Waals surface area contributed by atoms with Gasteiger partial charge >= 0.3 is 0 Å². The van der Waals surface area contributed by atoms with Crippen molar-refractivity contribution >= 4 is 5.91 Å². The molecule has 2 aromatic rings. The standard InChI is InChI=1S/C17H17NO3/c1-21-17(20)15(12-13-8-4-2-5-9-13)18-16(19)14-10-6-3-7-11-14/h2-11,20H,12H2,1H3,(H,18,19)/b17-15+. The van der Waals surface area contributed by atoms with Gasteiger partial charge in [-0.2, -0.15) is 0 Å². The summed E-state index contributed by atoms with van der Waals surface area (Å²) in [6.45, 7) is 0. The van der Waals surface area contributed by atoms with Crippen LogP contribution in [-0.2, 0) is 11.2 Å². The van der Waals surface area contributed by atoms with Crippen LogP contribution in [0.15, 0.2) is 72.3 Å². The molecule has 0 unspecified atom stereocenters. The Hall–Kier alpha value is -2.75. The Morgan fingerprint density at radius 3 is 2.19 bits per heavy atom. The van der Waals surface area contributed by atoms with Gasteiger partial charge in [-0.15, -0.1) is 0 Å². The van der Waals surface area contributed by atoms with Crippen LogP contribution < -0.4 is 5.32 Å². The van der Waals surface area contributed by atoms with E-state index in [1.165, 1.54) is 7.11 Å². The number of hydrogen-bond acceptors (Lipinski definition) is 3. The number of aliphatic hydroxyl groups excluding tert-OH is 1. The van der Waals surface area contributed by atoms with E-state index in [9.17, 15) is 9.90 Å². The Bertz CT molecular complexity index is 621. The summed E-state index contributed by atoms with van der Waals surface area (Å²) in [6, 6.07) is 18.4. The largest absolute Gasteiger partial charge is 0.480 e. The van der Waals surface area contributed by atoms with Crippen LogP contribution >= 0.6 is 0 Å². The van der Waals surface area contributed by atoms with Gasteiger partial charge in [0.05, 0.1) is 7.11 Å². The maximum absolute atomic E-state index is 12.2. The molecule has 0 aliphatic carbocycles. The number of hydrogen-bond donors (Lipinski definition) is 2. The smallest absolute Gasteiger partial charge is 0.297 e. The van der Waals surface area contributed by atoms with Gasteiger partial charge in [0.2, 0.25) is 0 Å². The second-order valence-electron chi connectivity index (χ2n) is 4.47. The van der Waals surface area contributed by atoms with Gasteiger partial charge in [-0.25, -0.2) is 0 Å². The van der Waals surface area contributed by atoms with E-state index >= 15 is 0 Å². The molecule has 108 valence electrons. The summed E-state index contributed by atoms with van der Waals surface area (Å²) in [5.41, 5.74) is 1.81. The number of methoxy groups -OCH3 is 1. The number of ether oxygens (including phenoxy) is 1. The number of benzene rings is 2. The average Bonchev–Trinajstić information content (AvgIpc) is 2.55. The molecule has 2 rings (SSSR count). The first-order valence-corrected chi connectivity index (χ1v) is 6.57. The van der Waals surface area contributed by atoms with Gasteiger partial charge < -0.3 is 15.2 Å². The summed E-state index contributed by atoms with van der Waals surface area (Å²) >= 11 is 0. The Morgan fingerprint density at radius 2 is 1.62 bits per heavy atom. The number of rotatable bonds is 5. The Kier molecular flexibility index (Phi) is 4.99. The quantitative estimate of drug-likeness (QED) is 0.829. The fourth-order valence-corrected chi connectivity index (χ4v) is 1.90. The highest BCUT2D eigenvalue weighted by atomic mass is 16.6. The first-order chi connectivity index (χ1) is 10.2. The molecule has 4 heteroatoms. The maximum Gasteiger partial charge on any atom is 0.297 e. The van der Waals surface area contributed by atoms with Gasteiger partial charge in [0.25, 0.3) is 11.9 Å². The number of aliphatic hydroxyl groups is 1. The second-order valence-corrected chi connectivity index (χ2v) is 4.47. The molecule has 2 aromatic carbocycles. The van der Waals surface area contributed by atoms with Crippen LogP contribution in [0.3, 0.4) is 0 Å². The number of allylic oxidation sites excluding steroid dienone is 1. The van der Waals surface area contributed by atoms with Crippen molar-refractivity contribution in [2.45, 2.75) is 6.42 Å². The molecule has 0 fully saturated rings. The summed E-state index contributed by atoms with van der Waals surface area (Å²) in [5, 5.41) is 12.5. The van der Waals surface area contributed by atoms with Crippen LogP contribution in [-0.4, -0.2) is 18.1 Å². The van der Waals surface area contributed by atoms with Crippen LogP contribution in [0.4, 0.5) is 0 Å². The molecule has 0 saturated carbocycles. The summed E-state index contributed by atoms with van der Waals surface area (Å²) in [7, 11) is 1.36. The third kappa shape index (κ3) is 4.11. The minimum absolute atomic E-state index is 0.287.